The first-order valence-corrected chi connectivity index (χ1v) is 8.50. The van der Waals surface area contributed by atoms with Gasteiger partial charge in [0.2, 0.25) is 0 Å². The van der Waals surface area contributed by atoms with E-state index in [1.165, 1.54) is 0 Å². The van der Waals surface area contributed by atoms with Crippen molar-refractivity contribution in [2.75, 3.05) is 27.2 Å². The molecule has 26 heavy (non-hydrogen) atoms. The van der Waals surface area contributed by atoms with Gasteiger partial charge in [0.05, 0.1) is 18.6 Å². The fourth-order valence-corrected chi connectivity index (χ4v) is 2.95. The van der Waals surface area contributed by atoms with E-state index in [9.17, 15) is 9.90 Å². The van der Waals surface area contributed by atoms with E-state index in [0.29, 0.717) is 13.2 Å². The number of fused-ring (bicyclic) bond motifs is 1. The van der Waals surface area contributed by atoms with E-state index < -0.39 is 11.6 Å². The summed E-state index contributed by atoms with van der Waals surface area (Å²) in [5.41, 5.74) is 1.27. The summed E-state index contributed by atoms with van der Waals surface area (Å²) in [5, 5.41) is 12.4. The van der Waals surface area contributed by atoms with E-state index in [2.05, 4.69) is 15.2 Å². The summed E-state index contributed by atoms with van der Waals surface area (Å²) in [6.45, 7) is 3.91. The summed E-state index contributed by atoms with van der Waals surface area (Å²) in [7, 11) is 4.01. The number of carboxylic acids is 1. The molecule has 2 heterocycles. The monoisotopic (exact) mass is 356 g/mol. The second-order valence-electron chi connectivity index (χ2n) is 6.77. The third kappa shape index (κ3) is 3.57. The molecule has 7 nitrogen and oxygen atoms in total. The summed E-state index contributed by atoms with van der Waals surface area (Å²) in [6.07, 6.45) is 5.03. The van der Waals surface area contributed by atoms with Gasteiger partial charge in [-0.1, -0.05) is 18.2 Å². The molecule has 0 amide bonds. The quantitative estimate of drug-likeness (QED) is 0.773. The van der Waals surface area contributed by atoms with Crippen molar-refractivity contribution in [2.24, 2.45) is 4.99 Å². The minimum absolute atomic E-state index is 0.155. The highest BCUT2D eigenvalue weighted by Crippen LogP contribution is 2.33. The lowest BCUT2D eigenvalue weighted by Crippen LogP contribution is -2.55. The number of dihydropyridines is 1. The van der Waals surface area contributed by atoms with Crippen molar-refractivity contribution in [3.05, 3.63) is 53.4 Å². The number of hydrogen-bond acceptors (Lipinski definition) is 6. The lowest BCUT2D eigenvalue weighted by atomic mass is 10.0. The Balaban J connectivity index is 1.76. The van der Waals surface area contributed by atoms with Crippen LogP contribution in [0.1, 0.15) is 12.5 Å². The molecule has 1 aromatic carbocycles. The fourth-order valence-electron chi connectivity index (χ4n) is 2.95. The van der Waals surface area contributed by atoms with Crippen molar-refractivity contribution in [1.29, 1.82) is 0 Å². The molecule has 7 heteroatoms. The van der Waals surface area contributed by atoms with E-state index >= 15 is 0 Å². The Morgan fingerprint density at radius 3 is 2.85 bits per heavy atom. The first kappa shape index (κ1) is 18.0. The maximum absolute atomic E-state index is 11.3. The number of benzene rings is 1. The van der Waals surface area contributed by atoms with Gasteiger partial charge in [0.25, 0.3) is 0 Å². The van der Waals surface area contributed by atoms with Gasteiger partial charge in [0.15, 0.2) is 5.66 Å². The van der Waals surface area contributed by atoms with Crippen LogP contribution in [0.2, 0.25) is 0 Å². The Morgan fingerprint density at radius 1 is 1.35 bits per heavy atom. The number of allylic oxidation sites excluding steroid dienone is 2. The Labute approximate surface area is 153 Å². The largest absolute Gasteiger partial charge is 0.492 e. The zero-order valence-corrected chi connectivity index (χ0v) is 15.3. The summed E-state index contributed by atoms with van der Waals surface area (Å²) in [6, 6.07) is 7.88. The lowest BCUT2D eigenvalue weighted by Gasteiger charge is -2.39. The first-order chi connectivity index (χ1) is 12.4. The third-order valence-electron chi connectivity index (χ3n) is 4.54. The number of aliphatic imine (C=N–C) groups is 1. The highest BCUT2D eigenvalue weighted by atomic mass is 16.5. The van der Waals surface area contributed by atoms with E-state index in [0.717, 1.165) is 23.6 Å². The van der Waals surface area contributed by atoms with Crippen LogP contribution in [0.3, 0.4) is 0 Å². The fraction of sp³-hybridized carbons (Fsp3) is 0.368. The van der Waals surface area contributed by atoms with Crippen LogP contribution in [-0.2, 0) is 11.3 Å². The van der Waals surface area contributed by atoms with Crippen LogP contribution in [0.4, 0.5) is 0 Å². The lowest BCUT2D eigenvalue weighted by molar-refractivity contribution is -0.133. The average Bonchev–Trinajstić information content (AvgIpc) is 2.91. The SMILES string of the molecule is CN(C)CCOc1ccccc1CN1C=NC2=CC=C(C(=O)O)NC21C. The van der Waals surface area contributed by atoms with Gasteiger partial charge in [-0.05, 0) is 39.2 Å². The number of rotatable bonds is 7. The number of carboxylic acid groups (broad SMARTS) is 1. The predicted molar refractivity (Wildman–Crippen MR) is 99.9 cm³/mol. The molecule has 2 N–H and O–H groups in total. The molecule has 0 spiro atoms. The van der Waals surface area contributed by atoms with E-state index in [1.807, 2.05) is 50.2 Å². The highest BCUT2D eigenvalue weighted by Gasteiger charge is 2.41. The van der Waals surface area contributed by atoms with Crippen LogP contribution in [0.15, 0.2) is 52.8 Å². The van der Waals surface area contributed by atoms with Crippen LogP contribution in [0.5, 0.6) is 5.75 Å². The third-order valence-corrected chi connectivity index (χ3v) is 4.54. The van der Waals surface area contributed by atoms with E-state index in [4.69, 9.17) is 4.74 Å². The zero-order valence-electron chi connectivity index (χ0n) is 15.3. The number of likely N-dealkylation sites (N-methyl/N-ethyl adjacent to an activating group) is 1. The van der Waals surface area contributed by atoms with Gasteiger partial charge >= 0.3 is 5.97 Å². The van der Waals surface area contributed by atoms with Crippen LogP contribution in [0, 0.1) is 0 Å². The number of nitrogens with zero attached hydrogens (tertiary/aromatic N) is 3. The highest BCUT2D eigenvalue weighted by molar-refractivity contribution is 5.87. The van der Waals surface area contributed by atoms with Crippen molar-refractivity contribution >= 4 is 12.3 Å². The molecule has 2 aliphatic heterocycles. The minimum atomic E-state index is -0.985. The van der Waals surface area contributed by atoms with Gasteiger partial charge < -0.3 is 25.0 Å². The molecule has 0 fully saturated rings. The number of aliphatic carboxylic acids is 1. The predicted octanol–water partition coefficient (Wildman–Crippen LogP) is 1.64. The second kappa shape index (κ2) is 7.21. The molecule has 0 aliphatic carbocycles. The van der Waals surface area contributed by atoms with Gasteiger partial charge in [-0.3, -0.25) is 0 Å². The van der Waals surface area contributed by atoms with Crippen molar-refractivity contribution in [3.8, 4) is 5.75 Å². The number of nitrogens with one attached hydrogen (secondary N) is 1. The molecular formula is C19H24N4O3. The maximum Gasteiger partial charge on any atom is 0.352 e. The molecule has 0 bridgehead atoms. The topological polar surface area (TPSA) is 77.4 Å². The van der Waals surface area contributed by atoms with Crippen molar-refractivity contribution in [1.82, 2.24) is 15.1 Å². The van der Waals surface area contributed by atoms with Gasteiger partial charge in [-0.25, -0.2) is 9.79 Å². The number of para-hydroxylation sites is 1. The Hall–Kier alpha value is -2.80. The maximum atomic E-state index is 11.3. The van der Waals surface area contributed by atoms with Crippen molar-refractivity contribution < 1.29 is 14.6 Å². The summed E-state index contributed by atoms with van der Waals surface area (Å²) in [5.74, 6) is -0.158. The normalized spacial score (nSPS) is 21.2. The van der Waals surface area contributed by atoms with Gasteiger partial charge in [-0.2, -0.15) is 0 Å². The molecule has 0 saturated carbocycles. The zero-order chi connectivity index (χ0) is 18.7. The van der Waals surface area contributed by atoms with Crippen LogP contribution >= 0.6 is 0 Å². The molecule has 3 rings (SSSR count). The standard InChI is InChI=1S/C19H24N4O3/c1-19-17(9-8-15(21-19)18(24)25)20-13-23(19)12-14-6-4-5-7-16(14)26-11-10-22(2)3/h4-9,13,21H,10-12H2,1-3H3,(H,24,25). The number of ether oxygens (including phenoxy) is 1. The van der Waals surface area contributed by atoms with Gasteiger partial charge in [0, 0.05) is 12.1 Å². The minimum Gasteiger partial charge on any atom is -0.492 e. The van der Waals surface area contributed by atoms with Crippen LogP contribution in [-0.4, -0.2) is 60.1 Å². The van der Waals surface area contributed by atoms with Crippen molar-refractivity contribution in [3.63, 3.8) is 0 Å². The summed E-state index contributed by atoms with van der Waals surface area (Å²) < 4.78 is 5.93. The Bertz CT molecular complexity index is 785. The Morgan fingerprint density at radius 2 is 2.12 bits per heavy atom. The summed E-state index contributed by atoms with van der Waals surface area (Å²) in [4.78, 5) is 19.8. The van der Waals surface area contributed by atoms with Gasteiger partial charge in [-0.15, -0.1) is 0 Å². The number of hydrogen-bond donors (Lipinski definition) is 2. The molecule has 138 valence electrons. The Kier molecular flexibility index (Phi) is 4.99. The second-order valence-corrected chi connectivity index (χ2v) is 6.77. The molecule has 0 aromatic heterocycles. The molecule has 0 saturated heterocycles. The molecular weight excluding hydrogens is 332 g/mol. The van der Waals surface area contributed by atoms with E-state index in [-0.39, 0.29) is 5.70 Å². The first-order valence-electron chi connectivity index (χ1n) is 8.50. The molecule has 1 aromatic rings. The smallest absolute Gasteiger partial charge is 0.352 e. The van der Waals surface area contributed by atoms with Gasteiger partial charge in [0.1, 0.15) is 18.1 Å². The molecule has 0 radical (unpaired) electrons. The summed E-state index contributed by atoms with van der Waals surface area (Å²) >= 11 is 0. The molecule has 1 atom stereocenters. The molecule has 1 unspecified atom stereocenters. The van der Waals surface area contributed by atoms with Crippen molar-refractivity contribution in [2.45, 2.75) is 19.1 Å². The number of carbonyl (C=O) groups is 1. The van der Waals surface area contributed by atoms with Crippen LogP contribution in [0.25, 0.3) is 0 Å². The van der Waals surface area contributed by atoms with E-state index in [1.54, 1.807) is 18.5 Å². The average molecular weight is 356 g/mol. The van der Waals surface area contributed by atoms with Crippen LogP contribution < -0.4 is 10.1 Å². The molecule has 2 aliphatic rings.